The van der Waals surface area contributed by atoms with Crippen LogP contribution in [-0.2, 0) is 28.5 Å². The fourth-order valence-corrected chi connectivity index (χ4v) is 9.09. The predicted octanol–water partition coefficient (Wildman–Crippen LogP) is 12.8. The van der Waals surface area contributed by atoms with Gasteiger partial charge in [0.1, 0.15) is 18.1 Å². The summed E-state index contributed by atoms with van der Waals surface area (Å²) in [5.41, 5.74) is 11.8. The highest BCUT2D eigenvalue weighted by Gasteiger charge is 2.33. The molecule has 0 heterocycles. The summed E-state index contributed by atoms with van der Waals surface area (Å²) in [4.78, 5) is 10.7. The van der Waals surface area contributed by atoms with Crippen molar-refractivity contribution in [3.8, 4) is 11.5 Å². The first-order chi connectivity index (χ1) is 29.9. The van der Waals surface area contributed by atoms with Crippen LogP contribution >= 0.6 is 0 Å². The number of carboxylic acid groups (broad SMARTS) is 1. The van der Waals surface area contributed by atoms with E-state index in [-0.39, 0.29) is 53.3 Å². The first-order valence-corrected chi connectivity index (χ1v) is 23.9. The molecule has 4 rings (SSSR count). The van der Waals surface area contributed by atoms with Gasteiger partial charge in [-0.25, -0.2) is 0 Å². The molecule has 0 saturated carbocycles. The molecular formula is C57H84O7. The van der Waals surface area contributed by atoms with Crippen LogP contribution in [0.1, 0.15) is 176 Å². The molecule has 7 nitrogen and oxygen atoms in total. The molecule has 354 valence electrons. The lowest BCUT2D eigenvalue weighted by Gasteiger charge is -2.34. The fraction of sp³-hybridized carbons (Fsp3) is 0.561. The van der Waals surface area contributed by atoms with Gasteiger partial charge in [-0.2, -0.15) is 0 Å². The number of carboxylic acids is 1. The number of aliphatic hydroxyl groups is 3. The minimum Gasteiger partial charge on any atom is -0.508 e. The van der Waals surface area contributed by atoms with E-state index >= 15 is 0 Å². The number of benzene rings is 4. The van der Waals surface area contributed by atoms with Crippen LogP contribution in [0.3, 0.4) is 0 Å². The van der Waals surface area contributed by atoms with E-state index in [1.165, 1.54) is 44.5 Å². The summed E-state index contributed by atoms with van der Waals surface area (Å²) < 4.78 is 5.81. The third-order valence-corrected chi connectivity index (χ3v) is 14.2. The molecule has 2 unspecified atom stereocenters. The number of aromatic hydroxyl groups is 1. The second kappa shape index (κ2) is 23.3. The lowest BCUT2D eigenvalue weighted by molar-refractivity contribution is -0.137. The van der Waals surface area contributed by atoms with Crippen molar-refractivity contribution >= 4 is 5.97 Å². The molecular weight excluding hydrogens is 797 g/mol. The number of aryl methyl sites for hydroxylation is 6. The molecule has 0 aliphatic heterocycles. The van der Waals surface area contributed by atoms with Crippen LogP contribution in [0.25, 0.3) is 0 Å². The number of ether oxygens (including phenoxy) is 1. The van der Waals surface area contributed by atoms with Crippen molar-refractivity contribution in [3.05, 3.63) is 128 Å². The quantitative estimate of drug-likeness (QED) is 0.0598. The monoisotopic (exact) mass is 881 g/mol. The number of phenols is 1. The van der Waals surface area contributed by atoms with Crippen LogP contribution < -0.4 is 4.74 Å². The minimum absolute atomic E-state index is 0.0489. The molecule has 0 fully saturated rings. The Morgan fingerprint density at radius 1 is 0.547 bits per heavy atom. The van der Waals surface area contributed by atoms with Crippen molar-refractivity contribution in [2.75, 3.05) is 6.61 Å². The van der Waals surface area contributed by atoms with Crippen molar-refractivity contribution in [1.82, 2.24) is 0 Å². The smallest absolute Gasteiger partial charge is 0.303 e. The molecule has 0 aliphatic carbocycles. The second-order valence-electron chi connectivity index (χ2n) is 20.6. The van der Waals surface area contributed by atoms with E-state index in [1.54, 1.807) is 0 Å². The maximum Gasteiger partial charge on any atom is 0.303 e. The number of phenolic OH excluding ortho intramolecular Hbond substituents is 1. The third-order valence-electron chi connectivity index (χ3n) is 14.2. The zero-order valence-electron chi connectivity index (χ0n) is 42.0. The summed E-state index contributed by atoms with van der Waals surface area (Å²) in [7, 11) is 0. The Hall–Kier alpha value is -4.17. The van der Waals surface area contributed by atoms with Crippen molar-refractivity contribution in [2.24, 2.45) is 10.8 Å². The third kappa shape index (κ3) is 13.9. The zero-order valence-corrected chi connectivity index (χ0v) is 42.0. The largest absolute Gasteiger partial charge is 0.508 e. The lowest BCUT2D eigenvalue weighted by atomic mass is 9.69. The molecule has 7 heteroatoms. The van der Waals surface area contributed by atoms with Crippen LogP contribution in [0, 0.1) is 38.5 Å². The van der Waals surface area contributed by atoms with Gasteiger partial charge < -0.3 is 30.3 Å². The summed E-state index contributed by atoms with van der Waals surface area (Å²) in [6.07, 6.45) is 5.89. The average molecular weight is 881 g/mol. The Labute approximate surface area is 387 Å². The standard InChI is InChI=1S/C31H46O5.C26H38O2/c1-8-31(9-2,24-12-10-23(21(3)18-24)11-16-28(33)30(5,6)7)25-13-15-27(22(4)19-25)36-20-26(32)14-17-29(34)35;1-8-26(9-2,22-13-14-23(27)19(4)17-22)21-12-10-20(18(3)16-21)11-15-24(28)25(5,6)7/h10,12-13,15,18-19,26,28,32-33H,8-9,11,14,16-17,20H2,1-7H3,(H,34,35);10,12-14,16-17,24,27-28H,8-9,11,15H2,1-7H3/t26-,28?;/m1./s1. The van der Waals surface area contributed by atoms with Crippen molar-refractivity contribution in [1.29, 1.82) is 0 Å². The summed E-state index contributed by atoms with van der Waals surface area (Å²) >= 11 is 0. The molecule has 3 atom stereocenters. The maximum atomic E-state index is 10.7. The summed E-state index contributed by atoms with van der Waals surface area (Å²) in [6, 6.07) is 25.9. The molecule has 0 amide bonds. The van der Waals surface area contributed by atoms with E-state index in [9.17, 15) is 25.2 Å². The lowest BCUT2D eigenvalue weighted by Crippen LogP contribution is -2.27. The number of hydrogen-bond acceptors (Lipinski definition) is 6. The number of rotatable bonds is 20. The van der Waals surface area contributed by atoms with Gasteiger partial charge in [-0.15, -0.1) is 0 Å². The summed E-state index contributed by atoms with van der Waals surface area (Å²) in [6.45, 7) is 29.8. The van der Waals surface area contributed by atoms with Crippen molar-refractivity contribution < 1.29 is 35.1 Å². The van der Waals surface area contributed by atoms with E-state index < -0.39 is 12.1 Å². The molecule has 0 aliphatic rings. The molecule has 64 heavy (non-hydrogen) atoms. The summed E-state index contributed by atoms with van der Waals surface area (Å²) in [5, 5.41) is 49.6. The SMILES string of the molecule is CCC(CC)(c1ccc(CCC(O)C(C)(C)C)c(C)c1)c1ccc(OC[C@H](O)CCC(=O)O)c(C)c1.CCC(CC)(c1ccc(O)c(C)c1)c1ccc(CCC(O)C(C)(C)C)c(C)c1. The Bertz CT molecular complexity index is 2090. The Kier molecular flexibility index (Phi) is 19.7. The number of aliphatic hydroxyl groups excluding tert-OH is 3. The van der Waals surface area contributed by atoms with Crippen molar-refractivity contribution in [2.45, 2.75) is 190 Å². The van der Waals surface area contributed by atoms with Gasteiger partial charge >= 0.3 is 5.97 Å². The highest BCUT2D eigenvalue weighted by atomic mass is 16.5. The van der Waals surface area contributed by atoms with Crippen LogP contribution in [0.2, 0.25) is 0 Å². The molecule has 4 aromatic rings. The van der Waals surface area contributed by atoms with Gasteiger partial charge in [0, 0.05) is 17.3 Å². The Morgan fingerprint density at radius 3 is 1.27 bits per heavy atom. The number of carbonyl (C=O) groups is 1. The fourth-order valence-electron chi connectivity index (χ4n) is 9.09. The van der Waals surface area contributed by atoms with Gasteiger partial charge in [-0.05, 0) is 164 Å². The molecule has 0 radical (unpaired) electrons. The molecule has 4 aromatic carbocycles. The topological polar surface area (TPSA) is 127 Å². The van der Waals surface area contributed by atoms with Gasteiger partial charge in [-0.3, -0.25) is 4.79 Å². The van der Waals surface area contributed by atoms with Gasteiger partial charge in [0.05, 0.1) is 18.3 Å². The van der Waals surface area contributed by atoms with Gasteiger partial charge in [0.15, 0.2) is 0 Å². The molecule has 0 saturated heterocycles. The highest BCUT2D eigenvalue weighted by molar-refractivity contribution is 5.66. The molecule has 0 bridgehead atoms. The van der Waals surface area contributed by atoms with Crippen LogP contribution in [0.4, 0.5) is 0 Å². The number of aliphatic carboxylic acids is 1. The maximum absolute atomic E-state index is 10.7. The zero-order chi connectivity index (χ0) is 48.2. The van der Waals surface area contributed by atoms with Crippen LogP contribution in [0.5, 0.6) is 11.5 Å². The van der Waals surface area contributed by atoms with Gasteiger partial charge in [-0.1, -0.05) is 130 Å². The molecule has 0 spiro atoms. The van der Waals surface area contributed by atoms with E-state index in [2.05, 4.69) is 144 Å². The van der Waals surface area contributed by atoms with E-state index in [0.717, 1.165) is 62.5 Å². The summed E-state index contributed by atoms with van der Waals surface area (Å²) in [5.74, 6) is 0.141. The molecule has 0 aromatic heterocycles. The first-order valence-electron chi connectivity index (χ1n) is 23.9. The Morgan fingerprint density at radius 2 is 0.922 bits per heavy atom. The van der Waals surface area contributed by atoms with E-state index in [0.29, 0.717) is 11.5 Å². The normalized spacial score (nSPS) is 13.8. The van der Waals surface area contributed by atoms with Crippen LogP contribution in [-0.4, -0.2) is 56.4 Å². The highest BCUT2D eigenvalue weighted by Crippen LogP contribution is 2.43. The average Bonchev–Trinajstić information content (AvgIpc) is 3.23. The second-order valence-corrected chi connectivity index (χ2v) is 20.6. The van der Waals surface area contributed by atoms with Gasteiger partial charge in [0.25, 0.3) is 0 Å². The molecule has 5 N–H and O–H groups in total. The first kappa shape index (κ1) is 54.2. The van der Waals surface area contributed by atoms with Gasteiger partial charge in [0.2, 0.25) is 0 Å². The van der Waals surface area contributed by atoms with Crippen LogP contribution in [0.15, 0.2) is 72.8 Å². The Balaban J connectivity index is 0.000000351. The van der Waals surface area contributed by atoms with E-state index in [1.807, 2.05) is 26.0 Å². The minimum atomic E-state index is -0.921. The van der Waals surface area contributed by atoms with E-state index in [4.69, 9.17) is 9.84 Å². The van der Waals surface area contributed by atoms with Crippen molar-refractivity contribution in [3.63, 3.8) is 0 Å². The number of hydrogen-bond donors (Lipinski definition) is 5. The predicted molar refractivity (Wildman–Crippen MR) is 265 cm³/mol.